The molecule has 2 aromatic rings. The molecule has 0 amide bonds. The molecule has 0 fully saturated rings. The van der Waals surface area contributed by atoms with Crippen LogP contribution in [0.15, 0.2) is 48.9 Å². The molecule has 1 unspecified atom stereocenters. The fraction of sp³-hybridized carbons (Fsp3) is 0.231. The molecule has 82 valence electrons. The van der Waals surface area contributed by atoms with Gasteiger partial charge in [0.1, 0.15) is 0 Å². The Hall–Kier alpha value is -1.74. The second-order valence-electron chi connectivity index (χ2n) is 4.01. The van der Waals surface area contributed by atoms with Gasteiger partial charge >= 0.3 is 0 Å². The quantitative estimate of drug-likeness (QED) is 0.849. The summed E-state index contributed by atoms with van der Waals surface area (Å²) < 4.78 is 0. The Morgan fingerprint density at radius 2 is 2.06 bits per heavy atom. The minimum absolute atomic E-state index is 0.486. The molecule has 2 aromatic heterocycles. The van der Waals surface area contributed by atoms with E-state index >= 15 is 0 Å². The lowest BCUT2D eigenvalue weighted by Crippen LogP contribution is -2.24. The van der Waals surface area contributed by atoms with E-state index < -0.39 is 5.60 Å². The Bertz CT molecular complexity index is 440. The standard InChI is InChI=1S/C13H14N2O/c1-13(16,11-5-4-7-14-10-11)9-12-6-2-3-8-15-12/h2-8,10,16H,9H2,1H3. The van der Waals surface area contributed by atoms with E-state index in [-0.39, 0.29) is 0 Å². The van der Waals surface area contributed by atoms with Gasteiger partial charge in [-0.15, -0.1) is 0 Å². The van der Waals surface area contributed by atoms with Gasteiger partial charge in [-0.1, -0.05) is 12.1 Å². The Morgan fingerprint density at radius 1 is 1.19 bits per heavy atom. The van der Waals surface area contributed by atoms with Crippen molar-refractivity contribution < 1.29 is 5.11 Å². The van der Waals surface area contributed by atoms with Crippen molar-refractivity contribution >= 4 is 0 Å². The van der Waals surface area contributed by atoms with E-state index in [1.54, 1.807) is 25.5 Å². The first kappa shape index (κ1) is 10.8. The van der Waals surface area contributed by atoms with Crippen LogP contribution in [0.3, 0.4) is 0 Å². The van der Waals surface area contributed by atoms with Gasteiger partial charge in [-0.3, -0.25) is 9.97 Å². The van der Waals surface area contributed by atoms with E-state index in [2.05, 4.69) is 9.97 Å². The van der Waals surface area contributed by atoms with Crippen molar-refractivity contribution in [2.24, 2.45) is 0 Å². The average molecular weight is 214 g/mol. The van der Waals surface area contributed by atoms with E-state index in [0.29, 0.717) is 6.42 Å². The van der Waals surface area contributed by atoms with Crippen molar-refractivity contribution in [3.05, 3.63) is 60.2 Å². The van der Waals surface area contributed by atoms with E-state index in [1.807, 2.05) is 30.3 Å². The van der Waals surface area contributed by atoms with Crippen molar-refractivity contribution in [3.63, 3.8) is 0 Å². The van der Waals surface area contributed by atoms with Crippen LogP contribution in [0.25, 0.3) is 0 Å². The largest absolute Gasteiger partial charge is 0.385 e. The highest BCUT2D eigenvalue weighted by Gasteiger charge is 2.24. The van der Waals surface area contributed by atoms with Crippen LogP contribution >= 0.6 is 0 Å². The van der Waals surface area contributed by atoms with E-state index in [4.69, 9.17) is 0 Å². The van der Waals surface area contributed by atoms with E-state index in [0.717, 1.165) is 11.3 Å². The minimum atomic E-state index is -0.928. The highest BCUT2D eigenvalue weighted by Crippen LogP contribution is 2.23. The number of hydrogen-bond acceptors (Lipinski definition) is 3. The molecule has 0 aromatic carbocycles. The molecule has 0 saturated carbocycles. The van der Waals surface area contributed by atoms with Crippen molar-refractivity contribution in [1.29, 1.82) is 0 Å². The Morgan fingerprint density at radius 3 is 2.69 bits per heavy atom. The van der Waals surface area contributed by atoms with Crippen LogP contribution in [0.4, 0.5) is 0 Å². The van der Waals surface area contributed by atoms with Gasteiger partial charge in [0.25, 0.3) is 0 Å². The zero-order valence-electron chi connectivity index (χ0n) is 9.17. The maximum Gasteiger partial charge on any atom is 0.0938 e. The van der Waals surface area contributed by atoms with E-state index in [1.165, 1.54) is 0 Å². The maximum atomic E-state index is 10.4. The third-order valence-electron chi connectivity index (χ3n) is 2.53. The number of hydrogen-bond donors (Lipinski definition) is 1. The monoisotopic (exact) mass is 214 g/mol. The van der Waals surface area contributed by atoms with E-state index in [9.17, 15) is 5.11 Å². The van der Waals surface area contributed by atoms with Gasteiger partial charge in [0.2, 0.25) is 0 Å². The molecular formula is C13H14N2O. The summed E-state index contributed by atoms with van der Waals surface area (Å²) >= 11 is 0. The molecule has 0 aliphatic carbocycles. The molecule has 0 aliphatic heterocycles. The zero-order valence-corrected chi connectivity index (χ0v) is 9.17. The van der Waals surface area contributed by atoms with Crippen molar-refractivity contribution in [3.8, 4) is 0 Å². The third-order valence-corrected chi connectivity index (χ3v) is 2.53. The first-order chi connectivity index (χ1) is 7.68. The Balaban J connectivity index is 2.21. The molecule has 0 radical (unpaired) electrons. The maximum absolute atomic E-state index is 10.4. The fourth-order valence-electron chi connectivity index (χ4n) is 1.64. The molecular weight excluding hydrogens is 200 g/mol. The molecule has 0 saturated heterocycles. The summed E-state index contributed by atoms with van der Waals surface area (Å²) in [5.74, 6) is 0. The van der Waals surface area contributed by atoms with Crippen molar-refractivity contribution in [2.45, 2.75) is 18.9 Å². The molecule has 0 aliphatic rings. The van der Waals surface area contributed by atoms with Gasteiger partial charge in [0.05, 0.1) is 5.60 Å². The van der Waals surface area contributed by atoms with Crippen LogP contribution in [0.1, 0.15) is 18.2 Å². The smallest absolute Gasteiger partial charge is 0.0938 e. The van der Waals surface area contributed by atoms with Crippen LogP contribution in [0.5, 0.6) is 0 Å². The summed E-state index contributed by atoms with van der Waals surface area (Å²) in [4.78, 5) is 8.22. The Kier molecular flexibility index (Phi) is 2.97. The van der Waals surface area contributed by atoms with Crippen molar-refractivity contribution in [2.75, 3.05) is 0 Å². The first-order valence-electron chi connectivity index (χ1n) is 5.21. The first-order valence-corrected chi connectivity index (χ1v) is 5.21. The highest BCUT2D eigenvalue weighted by atomic mass is 16.3. The topological polar surface area (TPSA) is 46.0 Å². The summed E-state index contributed by atoms with van der Waals surface area (Å²) in [6.07, 6.45) is 5.59. The molecule has 3 nitrogen and oxygen atoms in total. The highest BCUT2D eigenvalue weighted by molar-refractivity contribution is 5.20. The minimum Gasteiger partial charge on any atom is -0.385 e. The number of aromatic nitrogens is 2. The summed E-state index contributed by atoms with van der Waals surface area (Å²) in [7, 11) is 0. The molecule has 2 rings (SSSR count). The van der Waals surface area contributed by atoms with Crippen LogP contribution < -0.4 is 0 Å². The predicted molar refractivity (Wildman–Crippen MR) is 61.7 cm³/mol. The molecule has 3 heteroatoms. The van der Waals surface area contributed by atoms with Gasteiger partial charge in [0, 0.05) is 36.3 Å². The van der Waals surface area contributed by atoms with Gasteiger partial charge in [-0.05, 0) is 25.1 Å². The number of aliphatic hydroxyl groups is 1. The fourth-order valence-corrected chi connectivity index (χ4v) is 1.64. The summed E-state index contributed by atoms with van der Waals surface area (Å²) in [5, 5.41) is 10.4. The lowest BCUT2D eigenvalue weighted by atomic mass is 9.92. The second-order valence-corrected chi connectivity index (χ2v) is 4.01. The van der Waals surface area contributed by atoms with Crippen LogP contribution in [-0.2, 0) is 12.0 Å². The number of nitrogens with zero attached hydrogens (tertiary/aromatic N) is 2. The molecule has 0 bridgehead atoms. The normalized spacial score (nSPS) is 14.4. The second kappa shape index (κ2) is 4.41. The van der Waals surface area contributed by atoms with Crippen LogP contribution in [0, 0.1) is 0 Å². The molecule has 1 atom stereocenters. The summed E-state index contributed by atoms with van der Waals surface area (Å²) in [6, 6.07) is 9.38. The van der Waals surface area contributed by atoms with Crippen LogP contribution in [-0.4, -0.2) is 15.1 Å². The summed E-state index contributed by atoms with van der Waals surface area (Å²) in [5.41, 5.74) is 0.750. The SMILES string of the molecule is CC(O)(Cc1ccccn1)c1cccnc1. The van der Waals surface area contributed by atoms with Crippen LogP contribution in [0.2, 0.25) is 0 Å². The predicted octanol–water partition coefficient (Wildman–Crippen LogP) is 1.93. The van der Waals surface area contributed by atoms with Gasteiger partial charge in [-0.2, -0.15) is 0 Å². The van der Waals surface area contributed by atoms with Gasteiger partial charge in [-0.25, -0.2) is 0 Å². The summed E-state index contributed by atoms with van der Waals surface area (Å²) in [6.45, 7) is 1.78. The zero-order chi connectivity index (χ0) is 11.4. The molecule has 2 heterocycles. The molecule has 0 spiro atoms. The number of rotatable bonds is 3. The van der Waals surface area contributed by atoms with Gasteiger partial charge < -0.3 is 5.11 Å². The molecule has 16 heavy (non-hydrogen) atoms. The van der Waals surface area contributed by atoms with Crippen molar-refractivity contribution in [1.82, 2.24) is 9.97 Å². The lowest BCUT2D eigenvalue weighted by Gasteiger charge is -2.22. The molecule has 1 N–H and O–H groups in total. The van der Waals surface area contributed by atoms with Gasteiger partial charge in [0.15, 0.2) is 0 Å². The Labute approximate surface area is 94.8 Å². The number of pyridine rings is 2. The lowest BCUT2D eigenvalue weighted by molar-refractivity contribution is 0.0562. The third kappa shape index (κ3) is 2.44. The average Bonchev–Trinajstić information content (AvgIpc) is 2.31.